The van der Waals surface area contributed by atoms with E-state index in [1.807, 2.05) is 36.4 Å². The minimum absolute atomic E-state index is 0.0531. The van der Waals surface area contributed by atoms with Gasteiger partial charge < -0.3 is 28.5 Å². The molecule has 0 radical (unpaired) electrons. The molecule has 0 spiro atoms. The number of carbonyl (C=O) groups excluding carboxylic acids is 1. The third kappa shape index (κ3) is 7.26. The zero-order valence-corrected chi connectivity index (χ0v) is 32.0. The van der Waals surface area contributed by atoms with E-state index in [-0.39, 0.29) is 19.2 Å². The highest BCUT2D eigenvalue weighted by atomic mass is 32.1. The van der Waals surface area contributed by atoms with Crippen molar-refractivity contribution in [3.05, 3.63) is 96.6 Å². The van der Waals surface area contributed by atoms with Crippen molar-refractivity contribution in [2.75, 3.05) is 26.4 Å². The number of ether oxygens (including phenoxy) is 3. The highest BCUT2D eigenvalue weighted by Gasteiger charge is 2.24. The van der Waals surface area contributed by atoms with E-state index in [4.69, 9.17) is 34.1 Å². The first-order chi connectivity index (χ1) is 27.0. The Hall–Kier alpha value is -5.05. The van der Waals surface area contributed by atoms with Gasteiger partial charge in [0.15, 0.2) is 0 Å². The zero-order chi connectivity index (χ0) is 37.3. The maximum Gasteiger partial charge on any atom is 0.303 e. The first-order valence-electron chi connectivity index (χ1n) is 18.7. The number of aliphatic hydroxyl groups is 1. The van der Waals surface area contributed by atoms with Gasteiger partial charge in [-0.15, -0.1) is 22.7 Å². The number of para-hydroxylation sites is 2. The number of rotatable bonds is 7. The minimum Gasteiger partial charge on any atom is -0.458 e. The van der Waals surface area contributed by atoms with Crippen molar-refractivity contribution >= 4 is 71.1 Å². The van der Waals surface area contributed by atoms with Crippen molar-refractivity contribution in [3.8, 4) is 21.1 Å². The molecule has 11 nitrogen and oxygen atoms in total. The fourth-order valence-corrected chi connectivity index (χ4v) is 9.56. The molecule has 2 saturated heterocycles. The number of fused-ring (bicyclic) bond motifs is 4. The van der Waals surface area contributed by atoms with E-state index in [0.717, 1.165) is 118 Å². The molecule has 0 unspecified atom stereocenters. The number of hydrogen-bond acceptors (Lipinski definition) is 11. The summed E-state index contributed by atoms with van der Waals surface area (Å²) < 4.78 is 23.1. The Balaban J connectivity index is 0.000000145. The van der Waals surface area contributed by atoms with Crippen molar-refractivity contribution in [2.24, 2.45) is 0 Å². The number of nitrogens with zero attached hydrogens (tertiary/aromatic N) is 6. The summed E-state index contributed by atoms with van der Waals surface area (Å²) in [6.07, 6.45) is 3.77. The molecule has 10 rings (SSSR count). The van der Waals surface area contributed by atoms with Crippen LogP contribution in [0.1, 0.15) is 56.3 Å². The Morgan fingerprint density at radius 1 is 0.673 bits per heavy atom. The number of thiazole rings is 2. The molecule has 0 saturated carbocycles. The number of benzene rings is 4. The fraction of sp³-hybridized carbons (Fsp3) is 0.310. The van der Waals surface area contributed by atoms with Crippen LogP contribution in [0.15, 0.2) is 84.9 Å². The molecular formula is C42H40N6O5S2. The summed E-state index contributed by atoms with van der Waals surface area (Å²) in [4.78, 5) is 30.4. The summed E-state index contributed by atoms with van der Waals surface area (Å²) in [6, 6.07) is 29.6. The number of esters is 1. The number of hydrogen-bond donors (Lipinski definition) is 1. The second-order valence-corrected chi connectivity index (χ2v) is 15.9. The average Bonchev–Trinajstić information content (AvgIpc) is 4.02. The van der Waals surface area contributed by atoms with Gasteiger partial charge in [0.1, 0.15) is 34.9 Å². The molecule has 4 aromatic heterocycles. The molecule has 2 aliphatic rings. The first kappa shape index (κ1) is 35.6. The van der Waals surface area contributed by atoms with Gasteiger partial charge >= 0.3 is 5.97 Å². The second-order valence-electron chi connectivity index (χ2n) is 13.8. The molecule has 0 amide bonds. The van der Waals surface area contributed by atoms with Gasteiger partial charge in [-0.05, 0) is 86.3 Å². The van der Waals surface area contributed by atoms with E-state index in [9.17, 15) is 9.90 Å². The van der Waals surface area contributed by atoms with Gasteiger partial charge in [0.2, 0.25) is 0 Å². The molecule has 0 bridgehead atoms. The molecule has 13 heteroatoms. The van der Waals surface area contributed by atoms with Gasteiger partial charge in [0.25, 0.3) is 0 Å². The van der Waals surface area contributed by atoms with Crippen molar-refractivity contribution in [3.63, 3.8) is 0 Å². The van der Waals surface area contributed by atoms with Gasteiger partial charge in [0, 0.05) is 56.6 Å². The molecule has 8 aromatic rings. The second kappa shape index (κ2) is 15.6. The Morgan fingerprint density at radius 3 is 1.62 bits per heavy atom. The lowest BCUT2D eigenvalue weighted by atomic mass is 10.1. The Kier molecular flexibility index (Phi) is 10.1. The number of aliphatic hydroxyl groups excluding tert-OH is 1. The normalized spacial score (nSPS) is 15.5. The van der Waals surface area contributed by atoms with E-state index in [1.54, 1.807) is 22.7 Å². The van der Waals surface area contributed by atoms with Gasteiger partial charge in [-0.1, -0.05) is 24.3 Å². The highest BCUT2D eigenvalue weighted by Crippen LogP contribution is 2.36. The Morgan fingerprint density at radius 2 is 1.15 bits per heavy atom. The minimum atomic E-state index is -0.300. The van der Waals surface area contributed by atoms with Gasteiger partial charge in [-0.2, -0.15) is 0 Å². The molecule has 2 aliphatic heterocycles. The maximum atomic E-state index is 11.4. The highest BCUT2D eigenvalue weighted by molar-refractivity contribution is 7.22. The molecular weight excluding hydrogens is 733 g/mol. The molecule has 4 aromatic carbocycles. The van der Waals surface area contributed by atoms with Crippen molar-refractivity contribution < 1.29 is 24.1 Å². The van der Waals surface area contributed by atoms with Crippen molar-refractivity contribution in [2.45, 2.75) is 57.9 Å². The summed E-state index contributed by atoms with van der Waals surface area (Å²) in [5.74, 6) is 1.21. The van der Waals surface area contributed by atoms with E-state index in [0.29, 0.717) is 12.1 Å². The zero-order valence-electron chi connectivity index (χ0n) is 30.4. The molecule has 0 atom stereocenters. The summed E-state index contributed by atoms with van der Waals surface area (Å²) >= 11 is 3.37. The SMILES string of the molecule is CC(=O)OCc1nc2cc(-c3nc4ccccc4s3)ccc2n1C1CCOCC1.OCc1nc2cc(-c3nc4ccccc4s3)ccc2n1C1CCOCC1. The number of carbonyl (C=O) groups is 1. The lowest BCUT2D eigenvalue weighted by molar-refractivity contribution is -0.142. The molecule has 0 aliphatic carbocycles. The van der Waals surface area contributed by atoms with E-state index >= 15 is 0 Å². The summed E-state index contributed by atoms with van der Waals surface area (Å²) in [7, 11) is 0. The lowest BCUT2D eigenvalue weighted by Crippen LogP contribution is -2.21. The molecule has 1 N–H and O–H groups in total. The maximum absolute atomic E-state index is 11.4. The van der Waals surface area contributed by atoms with Crippen LogP contribution >= 0.6 is 22.7 Å². The van der Waals surface area contributed by atoms with Gasteiger partial charge in [0.05, 0.1) is 42.5 Å². The Bertz CT molecular complexity index is 2570. The fourth-order valence-electron chi connectivity index (χ4n) is 7.64. The third-order valence-electron chi connectivity index (χ3n) is 10.3. The van der Waals surface area contributed by atoms with Crippen LogP contribution in [0.4, 0.5) is 0 Å². The van der Waals surface area contributed by atoms with Crippen LogP contribution in [0, 0.1) is 0 Å². The van der Waals surface area contributed by atoms with Crippen LogP contribution in [0.25, 0.3) is 63.6 Å². The van der Waals surface area contributed by atoms with Crippen LogP contribution in [-0.4, -0.2) is 66.6 Å². The number of imidazole rings is 2. The van der Waals surface area contributed by atoms with Crippen LogP contribution in [0.5, 0.6) is 0 Å². The lowest BCUT2D eigenvalue weighted by Gasteiger charge is -2.25. The summed E-state index contributed by atoms with van der Waals surface area (Å²) in [6.45, 7) is 4.55. The van der Waals surface area contributed by atoms with Crippen LogP contribution in [-0.2, 0) is 32.2 Å². The predicted octanol–water partition coefficient (Wildman–Crippen LogP) is 8.88. The van der Waals surface area contributed by atoms with E-state index in [1.165, 1.54) is 16.3 Å². The Labute approximate surface area is 325 Å². The average molecular weight is 773 g/mol. The van der Waals surface area contributed by atoms with Crippen LogP contribution < -0.4 is 0 Å². The quantitative estimate of drug-likeness (QED) is 0.158. The molecule has 55 heavy (non-hydrogen) atoms. The van der Waals surface area contributed by atoms with Crippen LogP contribution in [0.3, 0.4) is 0 Å². The monoisotopic (exact) mass is 772 g/mol. The third-order valence-corrected chi connectivity index (χ3v) is 12.4. The van der Waals surface area contributed by atoms with Gasteiger partial charge in [-0.25, -0.2) is 19.9 Å². The topological polar surface area (TPSA) is 126 Å². The van der Waals surface area contributed by atoms with Crippen molar-refractivity contribution in [1.29, 1.82) is 0 Å². The van der Waals surface area contributed by atoms with Gasteiger partial charge in [-0.3, -0.25) is 4.79 Å². The van der Waals surface area contributed by atoms with Crippen LogP contribution in [0.2, 0.25) is 0 Å². The van der Waals surface area contributed by atoms with Crippen molar-refractivity contribution in [1.82, 2.24) is 29.1 Å². The smallest absolute Gasteiger partial charge is 0.303 e. The molecule has 6 heterocycles. The van der Waals surface area contributed by atoms with E-state index in [2.05, 4.69) is 57.7 Å². The predicted molar refractivity (Wildman–Crippen MR) is 216 cm³/mol. The summed E-state index contributed by atoms with van der Waals surface area (Å²) in [5.41, 5.74) is 8.10. The molecule has 280 valence electrons. The molecule has 2 fully saturated rings. The van der Waals surface area contributed by atoms with E-state index < -0.39 is 0 Å². The number of aromatic nitrogens is 6. The first-order valence-corrected chi connectivity index (χ1v) is 20.3. The summed E-state index contributed by atoms with van der Waals surface area (Å²) in [5, 5.41) is 11.8. The largest absolute Gasteiger partial charge is 0.458 e. The standard InChI is InChI=1S/C22H21N3O3S.C20H19N3O2S/c1-14(26)28-13-21-23-18-12-15(22-24-17-4-2-3-5-20(17)29-22)6-7-19(18)25(21)16-8-10-27-11-9-16;24-12-19-21-16-11-13(20-22-15-3-1-2-4-18(15)26-20)5-6-17(16)23(19)14-7-9-25-10-8-14/h2-7,12,16H,8-11,13H2,1H3;1-6,11,14,24H,7-10,12H2.